The second-order valence-corrected chi connectivity index (χ2v) is 11.0. The monoisotopic (exact) mass is 515 g/mol. The standard InChI is InChI=1S/C24H29N5O4S2/c1-14(2)11-29-22(31)17(9-15-10-25-28(3)12-15)26-24(29)34-13-19(30)27-21-20(23(32)33-4)16-7-5-6-8-18(16)35-21/h9-10,12,14H,5-8,11,13H2,1-4H3,(H,27,30). The molecule has 0 bridgehead atoms. The van der Waals surface area contributed by atoms with E-state index >= 15 is 0 Å². The predicted molar refractivity (Wildman–Crippen MR) is 139 cm³/mol. The van der Waals surface area contributed by atoms with Crippen molar-refractivity contribution < 1.29 is 19.1 Å². The number of carbonyl (C=O) groups excluding carboxylic acids is 3. The first-order valence-corrected chi connectivity index (χ1v) is 13.3. The highest BCUT2D eigenvalue weighted by atomic mass is 32.2. The fraction of sp³-hybridized carbons (Fsp3) is 0.458. The average molecular weight is 516 g/mol. The van der Waals surface area contributed by atoms with Gasteiger partial charge in [-0.15, -0.1) is 11.3 Å². The Hall–Kier alpha value is -2.92. The highest BCUT2D eigenvalue weighted by Crippen LogP contribution is 2.38. The third-order valence-electron chi connectivity index (χ3n) is 5.63. The molecule has 2 aromatic heterocycles. The first kappa shape index (κ1) is 25.2. The third kappa shape index (κ3) is 5.67. The molecule has 3 heterocycles. The number of aryl methyl sites for hydroxylation is 2. The van der Waals surface area contributed by atoms with Crippen LogP contribution in [0.4, 0.5) is 5.00 Å². The van der Waals surface area contributed by atoms with Gasteiger partial charge in [-0.3, -0.25) is 19.2 Å². The molecule has 2 aliphatic rings. The molecule has 11 heteroatoms. The molecule has 0 atom stereocenters. The smallest absolute Gasteiger partial charge is 0.341 e. The Morgan fingerprint density at radius 2 is 2.09 bits per heavy atom. The number of carbonyl (C=O) groups is 3. The second kappa shape index (κ2) is 10.8. The fourth-order valence-electron chi connectivity index (χ4n) is 4.10. The van der Waals surface area contributed by atoms with Crippen molar-refractivity contribution in [3.05, 3.63) is 39.7 Å². The van der Waals surface area contributed by atoms with E-state index in [4.69, 9.17) is 4.74 Å². The molecule has 0 aromatic carbocycles. The summed E-state index contributed by atoms with van der Waals surface area (Å²) in [6.45, 7) is 4.55. The molecule has 0 radical (unpaired) electrons. The molecule has 1 aliphatic heterocycles. The Bertz CT molecular complexity index is 1210. The summed E-state index contributed by atoms with van der Waals surface area (Å²) in [6, 6.07) is 0. The lowest BCUT2D eigenvalue weighted by Gasteiger charge is -2.19. The SMILES string of the molecule is COC(=O)c1c(NC(=O)CSC2=NC(=Cc3cnn(C)c3)C(=O)N2CC(C)C)sc2c1CCCC2. The van der Waals surface area contributed by atoms with Crippen LogP contribution in [0.3, 0.4) is 0 Å². The number of hydrogen-bond acceptors (Lipinski definition) is 8. The Kier molecular flexibility index (Phi) is 7.75. The van der Waals surface area contributed by atoms with E-state index in [2.05, 4.69) is 15.4 Å². The Morgan fingerprint density at radius 1 is 1.31 bits per heavy atom. The van der Waals surface area contributed by atoms with E-state index in [9.17, 15) is 14.4 Å². The van der Waals surface area contributed by atoms with Crippen LogP contribution in [0, 0.1) is 5.92 Å². The summed E-state index contributed by atoms with van der Waals surface area (Å²) in [6.07, 6.45) is 8.99. The average Bonchev–Trinajstić information content (AvgIpc) is 3.48. The van der Waals surface area contributed by atoms with E-state index in [0.29, 0.717) is 28.0 Å². The molecule has 1 N–H and O–H groups in total. The lowest BCUT2D eigenvalue weighted by atomic mass is 9.95. The van der Waals surface area contributed by atoms with Crippen molar-refractivity contribution in [1.29, 1.82) is 0 Å². The maximum atomic E-state index is 13.0. The number of fused-ring (bicyclic) bond motifs is 1. The van der Waals surface area contributed by atoms with Gasteiger partial charge >= 0.3 is 5.97 Å². The summed E-state index contributed by atoms with van der Waals surface area (Å²) in [5.41, 5.74) is 2.57. The number of thioether (sulfide) groups is 1. The maximum absolute atomic E-state index is 13.0. The molecule has 186 valence electrons. The zero-order valence-electron chi connectivity index (χ0n) is 20.3. The van der Waals surface area contributed by atoms with Gasteiger partial charge in [-0.2, -0.15) is 5.10 Å². The summed E-state index contributed by atoms with van der Waals surface area (Å²) < 4.78 is 6.64. The number of ether oxygens (including phenoxy) is 1. The van der Waals surface area contributed by atoms with Gasteiger partial charge in [0.2, 0.25) is 5.91 Å². The van der Waals surface area contributed by atoms with Gasteiger partial charge in [0.1, 0.15) is 10.7 Å². The quantitative estimate of drug-likeness (QED) is 0.445. The van der Waals surface area contributed by atoms with Gasteiger partial charge in [-0.1, -0.05) is 25.6 Å². The van der Waals surface area contributed by atoms with Gasteiger partial charge in [-0.05, 0) is 43.2 Å². The molecule has 35 heavy (non-hydrogen) atoms. The lowest BCUT2D eigenvalue weighted by Crippen LogP contribution is -2.34. The van der Waals surface area contributed by atoms with E-state index in [1.807, 2.05) is 20.9 Å². The molecule has 0 spiro atoms. The lowest BCUT2D eigenvalue weighted by molar-refractivity contribution is -0.123. The number of aromatic nitrogens is 2. The fourth-order valence-corrected chi connectivity index (χ4v) is 6.21. The van der Waals surface area contributed by atoms with Crippen LogP contribution < -0.4 is 5.32 Å². The number of esters is 1. The van der Waals surface area contributed by atoms with Gasteiger partial charge < -0.3 is 10.1 Å². The number of nitrogens with zero attached hydrogens (tertiary/aromatic N) is 4. The molecule has 2 aromatic rings. The zero-order chi connectivity index (χ0) is 25.1. The normalized spacial score (nSPS) is 16.6. The van der Waals surface area contributed by atoms with Crippen LogP contribution in [0.1, 0.15) is 53.1 Å². The van der Waals surface area contributed by atoms with Crippen molar-refractivity contribution in [1.82, 2.24) is 14.7 Å². The summed E-state index contributed by atoms with van der Waals surface area (Å²) in [5, 5.41) is 8.06. The van der Waals surface area contributed by atoms with Crippen molar-refractivity contribution in [2.75, 3.05) is 24.7 Å². The minimum atomic E-state index is -0.425. The zero-order valence-corrected chi connectivity index (χ0v) is 21.9. The Balaban J connectivity index is 1.49. The molecule has 0 saturated carbocycles. The van der Waals surface area contributed by atoms with E-state index in [1.165, 1.54) is 30.2 Å². The molecule has 1 aliphatic carbocycles. The summed E-state index contributed by atoms with van der Waals surface area (Å²) in [7, 11) is 3.16. The summed E-state index contributed by atoms with van der Waals surface area (Å²) in [4.78, 5) is 45.6. The van der Waals surface area contributed by atoms with Gasteiger partial charge in [-0.25, -0.2) is 9.79 Å². The number of hydrogen-bond donors (Lipinski definition) is 1. The molecule has 2 amide bonds. The Labute approximate surface area is 212 Å². The number of thiophene rings is 1. The topological polar surface area (TPSA) is 106 Å². The van der Waals surface area contributed by atoms with Crippen molar-refractivity contribution in [2.45, 2.75) is 39.5 Å². The first-order valence-electron chi connectivity index (χ1n) is 11.5. The molecule has 9 nitrogen and oxygen atoms in total. The number of rotatable bonds is 7. The van der Waals surface area contributed by atoms with Gasteiger partial charge in [0.25, 0.3) is 5.91 Å². The summed E-state index contributed by atoms with van der Waals surface area (Å²) in [5.74, 6) is -0.584. The van der Waals surface area contributed by atoms with E-state index in [-0.39, 0.29) is 23.5 Å². The number of nitrogens with one attached hydrogen (secondary N) is 1. The molecule has 4 rings (SSSR count). The first-order chi connectivity index (χ1) is 16.8. The van der Waals surface area contributed by atoms with Gasteiger partial charge in [0.05, 0.1) is 24.6 Å². The number of anilines is 1. The molecular formula is C24H29N5O4S2. The molecule has 0 unspecified atom stereocenters. The van der Waals surface area contributed by atoms with E-state index < -0.39 is 5.97 Å². The number of amidine groups is 1. The summed E-state index contributed by atoms with van der Waals surface area (Å²) >= 11 is 2.66. The maximum Gasteiger partial charge on any atom is 0.341 e. The number of methoxy groups -OCH3 is 1. The highest BCUT2D eigenvalue weighted by Gasteiger charge is 2.32. The van der Waals surface area contributed by atoms with Crippen LogP contribution >= 0.6 is 23.1 Å². The van der Waals surface area contributed by atoms with Crippen molar-refractivity contribution >= 4 is 57.1 Å². The van der Waals surface area contributed by atoms with E-state index in [1.54, 1.807) is 28.1 Å². The van der Waals surface area contributed by atoms with Crippen LogP contribution in [-0.2, 0) is 34.2 Å². The van der Waals surface area contributed by atoms with Crippen LogP contribution in [-0.4, -0.2) is 57.0 Å². The highest BCUT2D eigenvalue weighted by molar-refractivity contribution is 8.14. The molecule has 0 fully saturated rings. The second-order valence-electron chi connectivity index (χ2n) is 8.92. The van der Waals surface area contributed by atoms with Gasteiger partial charge in [0, 0.05) is 30.2 Å². The van der Waals surface area contributed by atoms with Crippen molar-refractivity contribution in [3.63, 3.8) is 0 Å². The Morgan fingerprint density at radius 3 is 2.77 bits per heavy atom. The molecule has 0 saturated heterocycles. The third-order valence-corrected chi connectivity index (χ3v) is 7.82. The minimum Gasteiger partial charge on any atom is -0.465 e. The predicted octanol–water partition coefficient (Wildman–Crippen LogP) is 3.71. The number of aliphatic imine (C=N–C) groups is 1. The van der Waals surface area contributed by atoms with Crippen LogP contribution in [0.15, 0.2) is 23.1 Å². The van der Waals surface area contributed by atoms with Crippen molar-refractivity contribution in [2.24, 2.45) is 18.0 Å². The number of amides is 2. The van der Waals surface area contributed by atoms with E-state index in [0.717, 1.165) is 41.7 Å². The van der Waals surface area contributed by atoms with Crippen molar-refractivity contribution in [3.8, 4) is 0 Å². The minimum absolute atomic E-state index is 0.0596. The molecular weight excluding hydrogens is 486 g/mol. The van der Waals surface area contributed by atoms with Crippen LogP contribution in [0.25, 0.3) is 6.08 Å². The van der Waals surface area contributed by atoms with Gasteiger partial charge in [0.15, 0.2) is 5.17 Å². The van der Waals surface area contributed by atoms with Crippen LogP contribution in [0.2, 0.25) is 0 Å². The largest absolute Gasteiger partial charge is 0.465 e. The van der Waals surface area contributed by atoms with Crippen LogP contribution in [0.5, 0.6) is 0 Å².